The second-order valence-electron chi connectivity index (χ2n) is 9.20. The molecule has 10 heteroatoms. The molecular formula is C26H25F3N2O5. The summed E-state index contributed by atoms with van der Waals surface area (Å²) in [4.78, 5) is 50.1. The molecule has 36 heavy (non-hydrogen) atoms. The molecule has 0 bridgehead atoms. The molecule has 0 spiro atoms. The fourth-order valence-corrected chi connectivity index (χ4v) is 4.40. The second-order valence-corrected chi connectivity index (χ2v) is 9.20. The normalized spacial score (nSPS) is 17.9. The van der Waals surface area contributed by atoms with Gasteiger partial charge >= 0.3 is 5.92 Å². The molecule has 1 saturated heterocycles. The fraction of sp³-hybridized carbons (Fsp3) is 0.385. The van der Waals surface area contributed by atoms with E-state index in [4.69, 9.17) is 4.74 Å². The zero-order valence-corrected chi connectivity index (χ0v) is 19.8. The van der Waals surface area contributed by atoms with Gasteiger partial charge in [0.2, 0.25) is 17.6 Å². The molecule has 4 rings (SSSR count). The Morgan fingerprint density at radius 1 is 1.17 bits per heavy atom. The van der Waals surface area contributed by atoms with E-state index in [2.05, 4.69) is 5.32 Å². The number of ether oxygens (including phenoxy) is 1. The molecule has 2 aliphatic heterocycles. The van der Waals surface area contributed by atoms with Gasteiger partial charge in [-0.25, -0.2) is 4.39 Å². The van der Waals surface area contributed by atoms with E-state index in [9.17, 15) is 32.3 Å². The van der Waals surface area contributed by atoms with Crippen molar-refractivity contribution in [1.82, 2.24) is 10.2 Å². The largest absolute Gasteiger partial charge is 0.488 e. The minimum absolute atomic E-state index is 0.00859. The number of hydrogen-bond donors (Lipinski definition) is 1. The summed E-state index contributed by atoms with van der Waals surface area (Å²) in [5.41, 5.74) is 0.826. The molecule has 2 aromatic rings. The summed E-state index contributed by atoms with van der Waals surface area (Å²) in [7, 11) is 0. The average Bonchev–Trinajstić information content (AvgIpc) is 3.13. The number of imide groups is 1. The zero-order chi connectivity index (χ0) is 26.2. The van der Waals surface area contributed by atoms with Crippen LogP contribution >= 0.6 is 0 Å². The van der Waals surface area contributed by atoms with Crippen molar-refractivity contribution in [2.24, 2.45) is 0 Å². The van der Waals surface area contributed by atoms with Crippen molar-refractivity contribution >= 4 is 23.5 Å². The van der Waals surface area contributed by atoms with Crippen LogP contribution in [0.15, 0.2) is 36.4 Å². The van der Waals surface area contributed by atoms with Crippen LogP contribution in [0.1, 0.15) is 60.2 Å². The van der Waals surface area contributed by atoms with Crippen molar-refractivity contribution in [2.75, 3.05) is 0 Å². The minimum atomic E-state index is -3.88. The van der Waals surface area contributed by atoms with Gasteiger partial charge in [0.05, 0.1) is 6.10 Å². The maximum absolute atomic E-state index is 14.7. The quantitative estimate of drug-likeness (QED) is 0.556. The molecule has 2 heterocycles. The Labute approximate surface area is 205 Å². The Morgan fingerprint density at radius 3 is 2.58 bits per heavy atom. The topological polar surface area (TPSA) is 92.8 Å². The number of aryl methyl sites for hydroxylation is 1. The van der Waals surface area contributed by atoms with Gasteiger partial charge in [-0.3, -0.25) is 24.5 Å². The van der Waals surface area contributed by atoms with E-state index in [1.165, 1.54) is 4.90 Å². The van der Waals surface area contributed by atoms with Gasteiger partial charge in [-0.2, -0.15) is 8.78 Å². The lowest BCUT2D eigenvalue weighted by Crippen LogP contribution is -2.52. The first kappa shape index (κ1) is 25.4. The number of nitrogens with zero attached hydrogens (tertiary/aromatic N) is 1. The Balaban J connectivity index is 1.42. The van der Waals surface area contributed by atoms with Crippen LogP contribution in [0.2, 0.25) is 0 Å². The van der Waals surface area contributed by atoms with Gasteiger partial charge in [-0.05, 0) is 62.1 Å². The van der Waals surface area contributed by atoms with Gasteiger partial charge in [-0.15, -0.1) is 0 Å². The Morgan fingerprint density at radius 2 is 1.92 bits per heavy atom. The highest BCUT2D eigenvalue weighted by Gasteiger charge is 2.41. The molecule has 0 radical (unpaired) electrons. The molecule has 3 amide bonds. The van der Waals surface area contributed by atoms with E-state index in [-0.39, 0.29) is 49.5 Å². The predicted octanol–water partition coefficient (Wildman–Crippen LogP) is 3.67. The summed E-state index contributed by atoms with van der Waals surface area (Å²) in [5, 5.41) is 2.23. The summed E-state index contributed by atoms with van der Waals surface area (Å²) < 4.78 is 48.9. The molecule has 7 nitrogen and oxygen atoms in total. The summed E-state index contributed by atoms with van der Waals surface area (Å²) in [6, 6.07) is 6.69. The number of benzene rings is 2. The Kier molecular flexibility index (Phi) is 6.88. The van der Waals surface area contributed by atoms with Crippen LogP contribution in [0.5, 0.6) is 5.75 Å². The number of hydrogen-bond acceptors (Lipinski definition) is 5. The minimum Gasteiger partial charge on any atom is -0.488 e. The summed E-state index contributed by atoms with van der Waals surface area (Å²) in [5.74, 6) is -7.64. The number of amides is 3. The fourth-order valence-electron chi connectivity index (χ4n) is 4.40. The lowest BCUT2D eigenvalue weighted by atomic mass is 9.97. The number of fused-ring (bicyclic) bond motifs is 1. The number of alkyl halides is 2. The van der Waals surface area contributed by atoms with Crippen LogP contribution in [0.4, 0.5) is 13.2 Å². The number of carbonyl (C=O) groups is 4. The standard InChI is InChI=1S/C26H25F3N2O5/c1-14(2)36-21-8-5-17(12-19(21)27)26(28,29)22(32)9-4-15-3-6-18-16(11-15)13-31(25(18)35)20-7-10-23(33)30-24(20)34/h3,5-6,8,11-12,14,20H,4,7,9-10,13H2,1-2H3,(H,30,33,34). The van der Waals surface area contributed by atoms with Gasteiger partial charge in [0, 0.05) is 30.5 Å². The summed E-state index contributed by atoms with van der Waals surface area (Å²) in [6.45, 7) is 3.49. The van der Waals surface area contributed by atoms with Gasteiger partial charge < -0.3 is 9.64 Å². The predicted molar refractivity (Wildman–Crippen MR) is 122 cm³/mol. The zero-order valence-electron chi connectivity index (χ0n) is 19.8. The van der Waals surface area contributed by atoms with Gasteiger partial charge in [0.25, 0.3) is 5.91 Å². The first-order chi connectivity index (χ1) is 17.0. The van der Waals surface area contributed by atoms with Crippen LogP contribution in [-0.2, 0) is 33.3 Å². The third-order valence-electron chi connectivity index (χ3n) is 6.24. The number of halogens is 3. The van der Waals surface area contributed by atoms with Crippen molar-refractivity contribution in [3.63, 3.8) is 0 Å². The Bertz CT molecular complexity index is 1240. The Hall–Kier alpha value is -3.69. The van der Waals surface area contributed by atoms with Crippen molar-refractivity contribution in [3.8, 4) is 5.75 Å². The first-order valence-corrected chi connectivity index (χ1v) is 11.6. The number of carbonyl (C=O) groups excluding carboxylic acids is 4. The maximum Gasteiger partial charge on any atom is 0.330 e. The molecule has 1 unspecified atom stereocenters. The van der Waals surface area contributed by atoms with Crippen LogP contribution in [0.25, 0.3) is 0 Å². The van der Waals surface area contributed by atoms with Crippen molar-refractivity contribution < 1.29 is 37.1 Å². The molecule has 2 aliphatic rings. The molecule has 0 saturated carbocycles. The van der Waals surface area contributed by atoms with Gasteiger partial charge in [0.1, 0.15) is 6.04 Å². The van der Waals surface area contributed by atoms with Crippen LogP contribution in [-0.4, -0.2) is 40.6 Å². The highest BCUT2D eigenvalue weighted by atomic mass is 19.3. The lowest BCUT2D eigenvalue weighted by molar-refractivity contribution is -0.144. The highest BCUT2D eigenvalue weighted by Crippen LogP contribution is 2.34. The van der Waals surface area contributed by atoms with Gasteiger partial charge in [0.15, 0.2) is 11.6 Å². The average molecular weight is 502 g/mol. The van der Waals surface area contributed by atoms with E-state index in [0.717, 1.165) is 12.1 Å². The van der Waals surface area contributed by atoms with Crippen molar-refractivity contribution in [1.29, 1.82) is 0 Å². The molecule has 0 aliphatic carbocycles. The van der Waals surface area contributed by atoms with E-state index >= 15 is 0 Å². The molecule has 1 N–H and O–H groups in total. The third-order valence-corrected chi connectivity index (χ3v) is 6.24. The molecule has 1 atom stereocenters. The number of piperidine rings is 1. The smallest absolute Gasteiger partial charge is 0.330 e. The number of ketones is 1. The molecule has 2 aromatic carbocycles. The SMILES string of the molecule is CC(C)Oc1ccc(C(F)(F)C(=O)CCc2ccc3c(c2)CN(C2CCC(=O)NC2=O)C3=O)cc1F. The number of nitrogens with one attached hydrogen (secondary N) is 1. The second kappa shape index (κ2) is 9.75. The van der Waals surface area contributed by atoms with Crippen molar-refractivity contribution in [2.45, 2.75) is 64.1 Å². The third kappa shape index (κ3) is 4.98. The highest BCUT2D eigenvalue weighted by molar-refractivity contribution is 6.05. The lowest BCUT2D eigenvalue weighted by Gasteiger charge is -2.29. The van der Waals surface area contributed by atoms with Crippen LogP contribution < -0.4 is 10.1 Å². The van der Waals surface area contributed by atoms with E-state index in [1.54, 1.807) is 32.0 Å². The maximum atomic E-state index is 14.7. The molecular weight excluding hydrogens is 477 g/mol. The van der Waals surface area contributed by atoms with Crippen LogP contribution in [0, 0.1) is 5.82 Å². The molecule has 190 valence electrons. The molecule has 0 aromatic heterocycles. The summed E-state index contributed by atoms with van der Waals surface area (Å²) in [6.07, 6.45) is -0.485. The van der Waals surface area contributed by atoms with Gasteiger partial charge in [-0.1, -0.05) is 12.1 Å². The molecule has 1 fully saturated rings. The van der Waals surface area contributed by atoms with Crippen LogP contribution in [0.3, 0.4) is 0 Å². The van der Waals surface area contributed by atoms with Crippen molar-refractivity contribution in [3.05, 3.63) is 64.5 Å². The van der Waals surface area contributed by atoms with E-state index in [0.29, 0.717) is 22.8 Å². The number of rotatable bonds is 8. The van der Waals surface area contributed by atoms with E-state index < -0.39 is 41.5 Å². The number of Topliss-reactive ketones (excluding diaryl/α,β-unsaturated/α-hetero) is 1. The monoisotopic (exact) mass is 502 g/mol. The van der Waals surface area contributed by atoms with E-state index in [1.807, 2.05) is 0 Å². The first-order valence-electron chi connectivity index (χ1n) is 11.6. The summed E-state index contributed by atoms with van der Waals surface area (Å²) >= 11 is 0.